The molecule has 3 nitrogen and oxygen atoms in total. The minimum absolute atomic E-state index is 0.277. The molecule has 0 aliphatic rings. The second-order valence-corrected chi connectivity index (χ2v) is 13.5. The van der Waals surface area contributed by atoms with E-state index in [4.69, 9.17) is 4.84 Å². The lowest BCUT2D eigenvalue weighted by Crippen LogP contribution is -2.20. The van der Waals surface area contributed by atoms with Crippen LogP contribution in [0.5, 0.6) is 0 Å². The summed E-state index contributed by atoms with van der Waals surface area (Å²) in [7, 11) is 4.18. The van der Waals surface area contributed by atoms with Crippen LogP contribution in [0.4, 0.5) is 0 Å². The summed E-state index contributed by atoms with van der Waals surface area (Å²) in [6, 6.07) is 0. The number of hydrogen-bond donors (Lipinski definition) is 0. The standard InChI is InChI=1S/C42H78N2O/c1-6-8-10-12-14-16-18-20-22-24-26-28-30-32-34-36-38-42(45-43-41(3)40-44(4)5)39-37-35-33-31-29-27-25-23-21-19-17-15-13-11-9-7-2/h14-17,20-23,42H,6-13,18-19,24-40H2,1-5H3. The molecule has 0 aromatic rings. The molecule has 0 heterocycles. The molecule has 0 radical (unpaired) electrons. The highest BCUT2D eigenvalue weighted by Crippen LogP contribution is 2.18. The van der Waals surface area contributed by atoms with Gasteiger partial charge in [0.25, 0.3) is 0 Å². The third-order valence-corrected chi connectivity index (χ3v) is 8.36. The molecule has 45 heavy (non-hydrogen) atoms. The Morgan fingerprint density at radius 3 is 1.24 bits per heavy atom. The van der Waals surface area contributed by atoms with Crippen molar-refractivity contribution in [3.63, 3.8) is 0 Å². The van der Waals surface area contributed by atoms with Gasteiger partial charge in [-0.3, -0.25) is 0 Å². The summed E-state index contributed by atoms with van der Waals surface area (Å²) >= 11 is 0. The van der Waals surface area contributed by atoms with Gasteiger partial charge >= 0.3 is 0 Å². The Balaban J connectivity index is 3.98. The number of unbranched alkanes of at least 4 members (excludes halogenated alkanes) is 18. The fourth-order valence-corrected chi connectivity index (χ4v) is 5.62. The number of nitrogens with zero attached hydrogens (tertiary/aromatic N) is 2. The summed E-state index contributed by atoms with van der Waals surface area (Å²) < 4.78 is 0. The minimum Gasteiger partial charge on any atom is -0.393 e. The maximum atomic E-state index is 6.09. The monoisotopic (exact) mass is 627 g/mol. The summed E-state index contributed by atoms with van der Waals surface area (Å²) in [5.74, 6) is 0. The Morgan fingerprint density at radius 2 is 0.867 bits per heavy atom. The van der Waals surface area contributed by atoms with Crippen molar-refractivity contribution >= 4 is 5.71 Å². The Labute approximate surface area is 283 Å². The highest BCUT2D eigenvalue weighted by Gasteiger charge is 2.10. The molecule has 0 saturated carbocycles. The SMILES string of the molecule is CCCCCC=CCC=CCCCCCCCCC(CCCCCCCCC=CCC=CCCCCC)ON=C(C)CN(C)C. The van der Waals surface area contributed by atoms with Crippen LogP contribution < -0.4 is 0 Å². The van der Waals surface area contributed by atoms with E-state index in [1.54, 1.807) is 0 Å². The van der Waals surface area contributed by atoms with Crippen LogP contribution in [-0.4, -0.2) is 37.4 Å². The van der Waals surface area contributed by atoms with Gasteiger partial charge in [0.2, 0.25) is 0 Å². The second-order valence-electron chi connectivity index (χ2n) is 13.5. The van der Waals surface area contributed by atoms with Gasteiger partial charge < -0.3 is 9.74 Å². The van der Waals surface area contributed by atoms with Gasteiger partial charge in [-0.2, -0.15) is 0 Å². The van der Waals surface area contributed by atoms with Crippen molar-refractivity contribution in [2.75, 3.05) is 20.6 Å². The molecule has 262 valence electrons. The number of oxime groups is 1. The zero-order valence-corrected chi connectivity index (χ0v) is 31.1. The molecule has 0 bridgehead atoms. The Bertz CT molecular complexity index is 685. The van der Waals surface area contributed by atoms with Crippen molar-refractivity contribution in [2.24, 2.45) is 5.16 Å². The van der Waals surface area contributed by atoms with Crippen molar-refractivity contribution in [3.05, 3.63) is 48.6 Å². The average Bonchev–Trinajstić information content (AvgIpc) is 3.02. The van der Waals surface area contributed by atoms with Crippen LogP contribution in [0.25, 0.3) is 0 Å². The zero-order chi connectivity index (χ0) is 32.9. The van der Waals surface area contributed by atoms with Gasteiger partial charge in [0.15, 0.2) is 0 Å². The van der Waals surface area contributed by atoms with E-state index in [-0.39, 0.29) is 6.10 Å². The predicted octanol–water partition coefficient (Wildman–Crippen LogP) is 13.7. The van der Waals surface area contributed by atoms with Gasteiger partial charge in [0.1, 0.15) is 6.10 Å². The van der Waals surface area contributed by atoms with Crippen LogP contribution >= 0.6 is 0 Å². The van der Waals surface area contributed by atoms with Crippen LogP contribution in [0.2, 0.25) is 0 Å². The molecule has 0 saturated heterocycles. The van der Waals surface area contributed by atoms with Crippen molar-refractivity contribution < 1.29 is 4.84 Å². The van der Waals surface area contributed by atoms with Gasteiger partial charge in [-0.1, -0.05) is 145 Å². The summed E-state index contributed by atoms with van der Waals surface area (Å²) in [4.78, 5) is 8.24. The first-order chi connectivity index (χ1) is 22.1. The lowest BCUT2D eigenvalue weighted by atomic mass is 10.0. The summed E-state index contributed by atoms with van der Waals surface area (Å²) in [6.07, 6.45) is 52.5. The van der Waals surface area contributed by atoms with E-state index in [2.05, 4.69) is 93.5 Å². The van der Waals surface area contributed by atoms with E-state index in [1.807, 2.05) is 0 Å². The first kappa shape index (κ1) is 43.4. The summed E-state index contributed by atoms with van der Waals surface area (Å²) in [6.45, 7) is 7.48. The molecule has 0 rings (SSSR count). The molecule has 0 aliphatic heterocycles. The van der Waals surface area contributed by atoms with Crippen molar-refractivity contribution in [1.82, 2.24) is 4.90 Å². The summed E-state index contributed by atoms with van der Waals surface area (Å²) in [5, 5.41) is 4.50. The first-order valence-electron chi connectivity index (χ1n) is 19.5. The molecule has 3 heteroatoms. The average molecular weight is 627 g/mol. The third-order valence-electron chi connectivity index (χ3n) is 8.36. The summed E-state index contributed by atoms with van der Waals surface area (Å²) in [5.41, 5.74) is 1.07. The van der Waals surface area contributed by atoms with Gasteiger partial charge in [-0.25, -0.2) is 0 Å². The van der Waals surface area contributed by atoms with E-state index in [0.717, 1.165) is 37.9 Å². The molecule has 0 aromatic heterocycles. The lowest BCUT2D eigenvalue weighted by Gasteiger charge is -2.16. The number of allylic oxidation sites excluding steroid dienone is 8. The highest BCUT2D eigenvalue weighted by molar-refractivity contribution is 5.83. The molecule has 0 spiro atoms. The van der Waals surface area contributed by atoms with E-state index in [9.17, 15) is 0 Å². The molecule has 0 N–H and O–H groups in total. The van der Waals surface area contributed by atoms with Gasteiger partial charge in [-0.05, 0) is 111 Å². The van der Waals surface area contributed by atoms with Crippen LogP contribution in [0, 0.1) is 0 Å². The predicted molar refractivity (Wildman–Crippen MR) is 204 cm³/mol. The van der Waals surface area contributed by atoms with Crippen molar-refractivity contribution in [3.8, 4) is 0 Å². The Morgan fingerprint density at radius 1 is 0.511 bits per heavy atom. The van der Waals surface area contributed by atoms with Crippen LogP contribution in [-0.2, 0) is 4.84 Å². The Hall–Kier alpha value is -1.61. The van der Waals surface area contributed by atoms with E-state index >= 15 is 0 Å². The Kier molecular flexibility index (Phi) is 35.5. The fraction of sp³-hybridized carbons (Fsp3) is 0.786. The smallest absolute Gasteiger partial charge is 0.127 e. The molecule has 0 atom stereocenters. The lowest BCUT2D eigenvalue weighted by molar-refractivity contribution is 0.0423. The highest BCUT2D eigenvalue weighted by atomic mass is 16.6. The van der Waals surface area contributed by atoms with Crippen molar-refractivity contribution in [1.29, 1.82) is 0 Å². The van der Waals surface area contributed by atoms with E-state index in [0.29, 0.717) is 0 Å². The zero-order valence-electron chi connectivity index (χ0n) is 31.1. The molecule has 0 unspecified atom stereocenters. The van der Waals surface area contributed by atoms with E-state index in [1.165, 1.54) is 141 Å². The van der Waals surface area contributed by atoms with Gasteiger partial charge in [0.05, 0.1) is 5.71 Å². The largest absolute Gasteiger partial charge is 0.393 e. The molecular formula is C42H78N2O. The third kappa shape index (κ3) is 36.7. The van der Waals surface area contributed by atoms with Crippen LogP contribution in [0.1, 0.15) is 188 Å². The van der Waals surface area contributed by atoms with Crippen LogP contribution in [0.3, 0.4) is 0 Å². The molecule has 0 amide bonds. The number of rotatable bonds is 34. The second kappa shape index (κ2) is 36.9. The quantitative estimate of drug-likeness (QED) is 0.0307. The van der Waals surface area contributed by atoms with Crippen LogP contribution in [0.15, 0.2) is 53.8 Å². The first-order valence-corrected chi connectivity index (χ1v) is 19.5. The normalized spacial score (nSPS) is 13.5. The molecule has 0 aliphatic carbocycles. The van der Waals surface area contributed by atoms with Gasteiger partial charge in [-0.15, -0.1) is 0 Å². The van der Waals surface area contributed by atoms with Crippen molar-refractivity contribution in [2.45, 2.75) is 194 Å². The maximum absolute atomic E-state index is 6.09. The topological polar surface area (TPSA) is 24.8 Å². The molecule has 0 aromatic carbocycles. The fourth-order valence-electron chi connectivity index (χ4n) is 5.62. The minimum atomic E-state index is 0.277. The molecular weight excluding hydrogens is 548 g/mol. The molecule has 0 fully saturated rings. The van der Waals surface area contributed by atoms with Gasteiger partial charge in [0, 0.05) is 6.54 Å². The number of hydrogen-bond acceptors (Lipinski definition) is 3. The van der Waals surface area contributed by atoms with E-state index < -0.39 is 0 Å². The maximum Gasteiger partial charge on any atom is 0.127 e.